The molecular formula is C18H28N4O. The van der Waals surface area contributed by atoms with Crippen molar-refractivity contribution in [3.05, 3.63) is 36.5 Å². The third-order valence-electron chi connectivity index (χ3n) is 3.59. The van der Waals surface area contributed by atoms with Gasteiger partial charge in [0.1, 0.15) is 0 Å². The fraction of sp³-hybridized carbons (Fsp3) is 0.500. The second-order valence-corrected chi connectivity index (χ2v) is 5.31. The van der Waals surface area contributed by atoms with E-state index in [4.69, 9.17) is 4.74 Å². The Kier molecular flexibility index (Phi) is 7.46. The fourth-order valence-corrected chi connectivity index (χ4v) is 2.50. The molecule has 1 heterocycles. The van der Waals surface area contributed by atoms with Crippen molar-refractivity contribution in [3.63, 3.8) is 0 Å². The summed E-state index contributed by atoms with van der Waals surface area (Å²) in [6, 6.07) is 10.6. The molecule has 5 heteroatoms. The van der Waals surface area contributed by atoms with Crippen LogP contribution in [-0.2, 0) is 11.3 Å². The Morgan fingerprint density at radius 3 is 2.87 bits per heavy atom. The summed E-state index contributed by atoms with van der Waals surface area (Å²) < 4.78 is 7.62. The highest BCUT2D eigenvalue weighted by molar-refractivity contribution is 5.80. The maximum absolute atomic E-state index is 5.33. The molecule has 0 aliphatic rings. The molecule has 5 nitrogen and oxygen atoms in total. The lowest BCUT2D eigenvalue weighted by Crippen LogP contribution is -2.39. The highest BCUT2D eigenvalue weighted by Gasteiger charge is 2.00. The zero-order chi connectivity index (χ0) is 16.3. The van der Waals surface area contributed by atoms with Gasteiger partial charge in [0.25, 0.3) is 0 Å². The second-order valence-electron chi connectivity index (χ2n) is 5.31. The summed E-state index contributed by atoms with van der Waals surface area (Å²) in [7, 11) is 0. The first kappa shape index (κ1) is 17.3. The minimum Gasteiger partial charge on any atom is -0.380 e. The molecule has 1 aromatic heterocycles. The maximum atomic E-state index is 5.33. The molecule has 0 aliphatic carbocycles. The number of ether oxygens (including phenoxy) is 1. The van der Waals surface area contributed by atoms with Crippen LogP contribution in [0.5, 0.6) is 0 Å². The van der Waals surface area contributed by atoms with E-state index in [0.29, 0.717) is 6.61 Å². The van der Waals surface area contributed by atoms with Crippen molar-refractivity contribution in [2.24, 2.45) is 4.99 Å². The third kappa shape index (κ3) is 5.60. The minimum absolute atomic E-state index is 0.705. The van der Waals surface area contributed by atoms with Gasteiger partial charge in [0, 0.05) is 44.5 Å². The molecule has 0 atom stereocenters. The maximum Gasteiger partial charge on any atom is 0.191 e. The standard InChI is InChI=1S/C18H28N4O/c1-3-19-18(21-12-15-23-4-2)20-11-7-13-22-14-10-16-8-5-6-9-17(16)22/h5-6,8-10,14H,3-4,7,11-13,15H2,1-2H3,(H2,19,20,21). The van der Waals surface area contributed by atoms with E-state index in [1.165, 1.54) is 10.9 Å². The van der Waals surface area contributed by atoms with E-state index in [0.717, 1.165) is 45.2 Å². The summed E-state index contributed by atoms with van der Waals surface area (Å²) >= 11 is 0. The highest BCUT2D eigenvalue weighted by atomic mass is 16.5. The van der Waals surface area contributed by atoms with Crippen LogP contribution in [0.25, 0.3) is 10.9 Å². The molecule has 0 fully saturated rings. The van der Waals surface area contributed by atoms with Crippen LogP contribution in [0.1, 0.15) is 20.3 Å². The van der Waals surface area contributed by atoms with Crippen LogP contribution in [0.3, 0.4) is 0 Å². The van der Waals surface area contributed by atoms with Crippen molar-refractivity contribution in [1.82, 2.24) is 15.2 Å². The van der Waals surface area contributed by atoms with E-state index in [-0.39, 0.29) is 0 Å². The first-order valence-electron chi connectivity index (χ1n) is 8.49. The molecule has 2 rings (SSSR count). The molecule has 0 aliphatic heterocycles. The lowest BCUT2D eigenvalue weighted by molar-refractivity contribution is 0.152. The predicted molar refractivity (Wildman–Crippen MR) is 97.0 cm³/mol. The number of aryl methyl sites for hydroxylation is 1. The number of nitrogens with one attached hydrogen (secondary N) is 2. The Balaban J connectivity index is 1.78. The van der Waals surface area contributed by atoms with Crippen LogP contribution in [0.4, 0.5) is 0 Å². The number of rotatable bonds is 9. The van der Waals surface area contributed by atoms with Crippen LogP contribution in [0.15, 0.2) is 41.5 Å². The third-order valence-corrected chi connectivity index (χ3v) is 3.59. The molecule has 0 saturated heterocycles. The highest BCUT2D eigenvalue weighted by Crippen LogP contribution is 2.15. The molecule has 126 valence electrons. The van der Waals surface area contributed by atoms with Gasteiger partial charge < -0.3 is 19.9 Å². The first-order chi connectivity index (χ1) is 11.3. The molecule has 0 amide bonds. The average Bonchev–Trinajstić information content (AvgIpc) is 2.98. The van der Waals surface area contributed by atoms with Gasteiger partial charge in [-0.05, 0) is 37.8 Å². The Morgan fingerprint density at radius 1 is 1.17 bits per heavy atom. The summed E-state index contributed by atoms with van der Waals surface area (Å²) in [5, 5.41) is 7.84. The van der Waals surface area contributed by atoms with E-state index in [2.05, 4.69) is 63.6 Å². The van der Waals surface area contributed by atoms with Crippen molar-refractivity contribution >= 4 is 16.9 Å². The largest absolute Gasteiger partial charge is 0.380 e. The SMILES string of the molecule is CCNC(=NCCCn1ccc2ccccc21)NCCOCC. The predicted octanol–water partition coefficient (Wildman–Crippen LogP) is 2.62. The zero-order valence-corrected chi connectivity index (χ0v) is 14.2. The molecule has 0 spiro atoms. The van der Waals surface area contributed by atoms with Crippen molar-refractivity contribution < 1.29 is 4.74 Å². The number of guanidine groups is 1. The number of aliphatic imine (C=N–C) groups is 1. The van der Waals surface area contributed by atoms with Gasteiger partial charge in [0.2, 0.25) is 0 Å². The average molecular weight is 316 g/mol. The van der Waals surface area contributed by atoms with Crippen LogP contribution >= 0.6 is 0 Å². The normalized spacial score (nSPS) is 11.8. The van der Waals surface area contributed by atoms with Gasteiger partial charge >= 0.3 is 0 Å². The summed E-state index contributed by atoms with van der Waals surface area (Å²) in [6.07, 6.45) is 3.17. The second kappa shape index (κ2) is 9.90. The summed E-state index contributed by atoms with van der Waals surface area (Å²) in [6.45, 7) is 8.96. The van der Waals surface area contributed by atoms with Crippen LogP contribution in [0.2, 0.25) is 0 Å². The van der Waals surface area contributed by atoms with Crippen molar-refractivity contribution in [2.45, 2.75) is 26.8 Å². The van der Waals surface area contributed by atoms with Gasteiger partial charge in [-0.25, -0.2) is 0 Å². The zero-order valence-electron chi connectivity index (χ0n) is 14.2. The van der Waals surface area contributed by atoms with E-state index >= 15 is 0 Å². The number of benzene rings is 1. The van der Waals surface area contributed by atoms with Crippen molar-refractivity contribution in [2.75, 3.05) is 32.8 Å². The first-order valence-corrected chi connectivity index (χ1v) is 8.49. The molecule has 0 radical (unpaired) electrons. The number of aromatic nitrogens is 1. The molecule has 2 aromatic rings. The van der Waals surface area contributed by atoms with Crippen molar-refractivity contribution in [1.29, 1.82) is 0 Å². The van der Waals surface area contributed by atoms with Crippen LogP contribution < -0.4 is 10.6 Å². The monoisotopic (exact) mass is 316 g/mol. The number of para-hydroxylation sites is 1. The van der Waals surface area contributed by atoms with E-state index < -0.39 is 0 Å². The molecule has 0 saturated carbocycles. The topological polar surface area (TPSA) is 50.6 Å². The molecule has 23 heavy (non-hydrogen) atoms. The smallest absolute Gasteiger partial charge is 0.191 e. The van der Waals surface area contributed by atoms with Crippen LogP contribution in [-0.4, -0.2) is 43.4 Å². The van der Waals surface area contributed by atoms with E-state index in [9.17, 15) is 0 Å². The lowest BCUT2D eigenvalue weighted by atomic mass is 10.2. The minimum atomic E-state index is 0.705. The fourth-order valence-electron chi connectivity index (χ4n) is 2.50. The Bertz CT molecular complexity index is 606. The summed E-state index contributed by atoms with van der Waals surface area (Å²) in [4.78, 5) is 4.62. The van der Waals surface area contributed by atoms with Gasteiger partial charge in [-0.1, -0.05) is 18.2 Å². The van der Waals surface area contributed by atoms with Crippen LogP contribution in [0, 0.1) is 0 Å². The van der Waals surface area contributed by atoms with Gasteiger partial charge in [0.15, 0.2) is 5.96 Å². The molecule has 2 N–H and O–H groups in total. The van der Waals surface area contributed by atoms with Gasteiger partial charge in [-0.3, -0.25) is 4.99 Å². The number of hydrogen-bond donors (Lipinski definition) is 2. The Morgan fingerprint density at radius 2 is 2.04 bits per heavy atom. The molecule has 1 aromatic carbocycles. The van der Waals surface area contributed by atoms with Gasteiger partial charge in [-0.15, -0.1) is 0 Å². The Hall–Kier alpha value is -2.01. The van der Waals surface area contributed by atoms with Gasteiger partial charge in [-0.2, -0.15) is 0 Å². The van der Waals surface area contributed by atoms with E-state index in [1.54, 1.807) is 0 Å². The number of nitrogens with zero attached hydrogens (tertiary/aromatic N) is 2. The molecule has 0 bridgehead atoms. The summed E-state index contributed by atoms with van der Waals surface area (Å²) in [5.74, 6) is 0.865. The van der Waals surface area contributed by atoms with Crippen molar-refractivity contribution in [3.8, 4) is 0 Å². The lowest BCUT2D eigenvalue weighted by Gasteiger charge is -2.11. The quantitative estimate of drug-likeness (QED) is 0.425. The molecule has 0 unspecified atom stereocenters. The van der Waals surface area contributed by atoms with E-state index in [1.807, 2.05) is 6.92 Å². The van der Waals surface area contributed by atoms with Gasteiger partial charge in [0.05, 0.1) is 6.61 Å². The summed E-state index contributed by atoms with van der Waals surface area (Å²) in [5.41, 5.74) is 1.29. The molecular weight excluding hydrogens is 288 g/mol. The number of fused-ring (bicyclic) bond motifs is 1. The number of hydrogen-bond acceptors (Lipinski definition) is 2. The Labute approximate surface area is 138 Å².